The number of nitrogens with zero attached hydrogens (tertiary/aromatic N) is 1. The van der Waals surface area contributed by atoms with E-state index in [1.54, 1.807) is 12.3 Å². The standard InChI is InChI=1S/C14H14N2OS/c1-2-11-5-7-12(8-6-11)10-15-16-14(17)13-4-3-9-18-13/h3-10H,2H2,1H3,(H,16,17)/b15-10+. The van der Waals surface area contributed by atoms with Crippen LogP contribution >= 0.6 is 11.3 Å². The van der Waals surface area contributed by atoms with Crippen molar-refractivity contribution in [2.45, 2.75) is 13.3 Å². The van der Waals surface area contributed by atoms with E-state index >= 15 is 0 Å². The van der Waals surface area contributed by atoms with Gasteiger partial charge in [-0.2, -0.15) is 5.10 Å². The number of carbonyl (C=O) groups is 1. The molecular formula is C14H14N2OS. The lowest BCUT2D eigenvalue weighted by Gasteiger charge is -1.98. The van der Waals surface area contributed by atoms with E-state index in [1.807, 2.05) is 23.6 Å². The molecule has 0 aliphatic carbocycles. The van der Waals surface area contributed by atoms with Crippen LogP contribution in [-0.2, 0) is 6.42 Å². The molecule has 0 unspecified atom stereocenters. The molecule has 1 amide bonds. The molecular weight excluding hydrogens is 244 g/mol. The van der Waals surface area contributed by atoms with Crippen LogP contribution in [0.25, 0.3) is 0 Å². The first-order chi connectivity index (χ1) is 8.79. The number of thiophene rings is 1. The first kappa shape index (κ1) is 12.5. The SMILES string of the molecule is CCc1ccc(/C=N/NC(=O)c2cccs2)cc1. The largest absolute Gasteiger partial charge is 0.281 e. The third-order valence-corrected chi connectivity index (χ3v) is 3.38. The molecule has 0 bridgehead atoms. The number of benzene rings is 1. The Kier molecular flexibility index (Phi) is 4.25. The lowest BCUT2D eigenvalue weighted by Crippen LogP contribution is -2.16. The highest BCUT2D eigenvalue weighted by Gasteiger charge is 2.03. The number of rotatable bonds is 4. The zero-order valence-corrected chi connectivity index (χ0v) is 10.9. The Morgan fingerprint density at radius 2 is 2.11 bits per heavy atom. The fourth-order valence-electron chi connectivity index (χ4n) is 1.47. The van der Waals surface area contributed by atoms with Crippen LogP contribution in [0.3, 0.4) is 0 Å². The molecule has 0 aliphatic rings. The van der Waals surface area contributed by atoms with Gasteiger partial charge in [0.1, 0.15) is 0 Å². The normalized spacial score (nSPS) is 10.7. The third-order valence-electron chi connectivity index (χ3n) is 2.51. The molecule has 1 N–H and O–H groups in total. The molecule has 18 heavy (non-hydrogen) atoms. The van der Waals surface area contributed by atoms with E-state index in [9.17, 15) is 4.79 Å². The zero-order chi connectivity index (χ0) is 12.8. The summed E-state index contributed by atoms with van der Waals surface area (Å²) >= 11 is 1.40. The smallest absolute Gasteiger partial charge is 0.266 e. The quantitative estimate of drug-likeness (QED) is 0.664. The molecule has 0 saturated heterocycles. The van der Waals surface area contributed by atoms with Crippen molar-refractivity contribution in [3.05, 3.63) is 57.8 Å². The number of hydrogen-bond acceptors (Lipinski definition) is 3. The summed E-state index contributed by atoms with van der Waals surface area (Å²) in [5.41, 5.74) is 4.76. The Morgan fingerprint density at radius 1 is 1.33 bits per heavy atom. The van der Waals surface area contributed by atoms with E-state index in [2.05, 4.69) is 29.6 Å². The van der Waals surface area contributed by atoms with E-state index in [0.29, 0.717) is 4.88 Å². The van der Waals surface area contributed by atoms with Gasteiger partial charge in [0.05, 0.1) is 11.1 Å². The summed E-state index contributed by atoms with van der Waals surface area (Å²) in [6.07, 6.45) is 2.66. The topological polar surface area (TPSA) is 41.5 Å². The van der Waals surface area contributed by atoms with Crippen LogP contribution in [0.4, 0.5) is 0 Å². The van der Waals surface area contributed by atoms with Crippen molar-refractivity contribution >= 4 is 23.5 Å². The van der Waals surface area contributed by atoms with Gasteiger partial charge in [0.2, 0.25) is 0 Å². The van der Waals surface area contributed by atoms with Crippen molar-refractivity contribution in [1.29, 1.82) is 0 Å². The average molecular weight is 258 g/mol. The molecule has 3 nitrogen and oxygen atoms in total. The number of carbonyl (C=O) groups excluding carboxylic acids is 1. The maximum Gasteiger partial charge on any atom is 0.281 e. The number of aryl methyl sites for hydroxylation is 1. The molecule has 0 radical (unpaired) electrons. The van der Waals surface area contributed by atoms with Gasteiger partial charge < -0.3 is 0 Å². The molecule has 4 heteroatoms. The van der Waals surface area contributed by atoms with Crippen molar-refractivity contribution in [1.82, 2.24) is 5.43 Å². The van der Waals surface area contributed by atoms with Gasteiger partial charge in [-0.05, 0) is 29.0 Å². The van der Waals surface area contributed by atoms with Crippen LogP contribution in [0.15, 0.2) is 46.9 Å². The highest BCUT2D eigenvalue weighted by atomic mass is 32.1. The molecule has 2 aromatic rings. The molecule has 0 spiro atoms. The molecule has 92 valence electrons. The van der Waals surface area contributed by atoms with Crippen LogP contribution in [-0.4, -0.2) is 12.1 Å². The molecule has 0 aliphatic heterocycles. The molecule has 2 rings (SSSR count). The summed E-state index contributed by atoms with van der Waals surface area (Å²) < 4.78 is 0. The minimum atomic E-state index is -0.175. The first-order valence-corrected chi connectivity index (χ1v) is 6.63. The van der Waals surface area contributed by atoms with E-state index in [1.165, 1.54) is 16.9 Å². The van der Waals surface area contributed by atoms with Crippen molar-refractivity contribution in [3.63, 3.8) is 0 Å². The molecule has 0 saturated carbocycles. The Morgan fingerprint density at radius 3 is 2.72 bits per heavy atom. The predicted octanol–water partition coefficient (Wildman–Crippen LogP) is 3.07. The lowest BCUT2D eigenvalue weighted by atomic mass is 10.1. The van der Waals surface area contributed by atoms with Crippen LogP contribution in [0, 0.1) is 0 Å². The van der Waals surface area contributed by atoms with Crippen LogP contribution in [0.1, 0.15) is 27.7 Å². The van der Waals surface area contributed by atoms with Gasteiger partial charge in [-0.1, -0.05) is 37.3 Å². The second kappa shape index (κ2) is 6.12. The van der Waals surface area contributed by atoms with Crippen molar-refractivity contribution in [2.75, 3.05) is 0 Å². The third kappa shape index (κ3) is 3.28. The average Bonchev–Trinajstić information content (AvgIpc) is 2.93. The maximum absolute atomic E-state index is 11.6. The molecule has 1 heterocycles. The minimum Gasteiger partial charge on any atom is -0.266 e. The van der Waals surface area contributed by atoms with Crippen LogP contribution < -0.4 is 5.43 Å². The highest BCUT2D eigenvalue weighted by Crippen LogP contribution is 2.07. The highest BCUT2D eigenvalue weighted by molar-refractivity contribution is 7.12. The van der Waals surface area contributed by atoms with E-state index in [4.69, 9.17) is 0 Å². The Bertz CT molecular complexity index is 529. The summed E-state index contributed by atoms with van der Waals surface area (Å²) in [7, 11) is 0. The minimum absolute atomic E-state index is 0.175. The predicted molar refractivity (Wildman–Crippen MR) is 75.2 cm³/mol. The Labute approximate surface area is 110 Å². The summed E-state index contributed by atoms with van der Waals surface area (Å²) in [5.74, 6) is -0.175. The van der Waals surface area contributed by atoms with Gasteiger partial charge in [-0.3, -0.25) is 4.79 Å². The van der Waals surface area contributed by atoms with E-state index in [-0.39, 0.29) is 5.91 Å². The van der Waals surface area contributed by atoms with Gasteiger partial charge >= 0.3 is 0 Å². The number of nitrogens with one attached hydrogen (secondary N) is 1. The van der Waals surface area contributed by atoms with Gasteiger partial charge in [0, 0.05) is 0 Å². The molecule has 0 atom stereocenters. The van der Waals surface area contributed by atoms with E-state index in [0.717, 1.165) is 12.0 Å². The monoisotopic (exact) mass is 258 g/mol. The number of amides is 1. The Balaban J connectivity index is 1.93. The van der Waals surface area contributed by atoms with Crippen molar-refractivity contribution in [2.24, 2.45) is 5.10 Å². The van der Waals surface area contributed by atoms with Gasteiger partial charge in [0.25, 0.3) is 5.91 Å². The van der Waals surface area contributed by atoms with E-state index < -0.39 is 0 Å². The molecule has 1 aromatic heterocycles. The van der Waals surface area contributed by atoms with Gasteiger partial charge in [-0.25, -0.2) is 5.43 Å². The van der Waals surface area contributed by atoms with Crippen molar-refractivity contribution in [3.8, 4) is 0 Å². The van der Waals surface area contributed by atoms with Crippen LogP contribution in [0.5, 0.6) is 0 Å². The molecule has 0 fully saturated rings. The number of hydrazone groups is 1. The number of hydrogen-bond donors (Lipinski definition) is 1. The first-order valence-electron chi connectivity index (χ1n) is 5.75. The van der Waals surface area contributed by atoms with Gasteiger partial charge in [0.15, 0.2) is 0 Å². The second-order valence-electron chi connectivity index (χ2n) is 3.77. The summed E-state index contributed by atoms with van der Waals surface area (Å²) in [4.78, 5) is 12.2. The van der Waals surface area contributed by atoms with Crippen LogP contribution in [0.2, 0.25) is 0 Å². The zero-order valence-electron chi connectivity index (χ0n) is 10.1. The Hall–Kier alpha value is -1.94. The van der Waals surface area contributed by atoms with Gasteiger partial charge in [-0.15, -0.1) is 11.3 Å². The van der Waals surface area contributed by atoms with Crippen molar-refractivity contribution < 1.29 is 4.79 Å². The lowest BCUT2D eigenvalue weighted by molar-refractivity contribution is 0.0959. The second-order valence-corrected chi connectivity index (χ2v) is 4.72. The fourth-order valence-corrected chi connectivity index (χ4v) is 2.08. The fraction of sp³-hybridized carbons (Fsp3) is 0.143. The summed E-state index contributed by atoms with van der Waals surface area (Å²) in [6.45, 7) is 2.12. The maximum atomic E-state index is 11.6. The summed E-state index contributed by atoms with van der Waals surface area (Å²) in [5, 5.41) is 5.80. The molecule has 1 aromatic carbocycles. The summed E-state index contributed by atoms with van der Waals surface area (Å²) in [6, 6.07) is 11.7.